The lowest BCUT2D eigenvalue weighted by Crippen LogP contribution is -2.33. The van der Waals surface area contributed by atoms with Crippen LogP contribution in [0.1, 0.15) is 31.4 Å². The Hall–Kier alpha value is -1.89. The average Bonchev–Trinajstić information content (AvgIpc) is 3.27. The summed E-state index contributed by atoms with van der Waals surface area (Å²) in [6.45, 7) is 2.51. The highest BCUT2D eigenvalue weighted by molar-refractivity contribution is 8.00. The highest BCUT2D eigenvalue weighted by Crippen LogP contribution is 2.37. The van der Waals surface area contributed by atoms with Crippen LogP contribution in [0.2, 0.25) is 0 Å². The highest BCUT2D eigenvalue weighted by atomic mass is 32.2. The van der Waals surface area contributed by atoms with Crippen molar-refractivity contribution < 1.29 is 4.79 Å². The van der Waals surface area contributed by atoms with Gasteiger partial charge in [0.1, 0.15) is 0 Å². The normalized spacial score (nSPS) is 15.5. The van der Waals surface area contributed by atoms with Crippen molar-refractivity contribution in [2.45, 2.75) is 42.8 Å². The van der Waals surface area contributed by atoms with Gasteiger partial charge in [0.15, 0.2) is 0 Å². The van der Waals surface area contributed by atoms with Gasteiger partial charge < -0.3 is 4.90 Å². The minimum Gasteiger partial charge on any atom is -0.340 e. The van der Waals surface area contributed by atoms with Crippen LogP contribution in [0.3, 0.4) is 0 Å². The van der Waals surface area contributed by atoms with Crippen molar-refractivity contribution >= 4 is 17.7 Å². The van der Waals surface area contributed by atoms with Gasteiger partial charge in [-0.05, 0) is 35.8 Å². The Balaban J connectivity index is 1.60. The second kappa shape index (κ2) is 6.48. The van der Waals surface area contributed by atoms with Crippen molar-refractivity contribution in [2.24, 2.45) is 0 Å². The van der Waals surface area contributed by atoms with Crippen LogP contribution in [0.15, 0.2) is 35.5 Å². The van der Waals surface area contributed by atoms with E-state index in [1.54, 1.807) is 4.90 Å². The number of carbonyl (C=O) groups is 1. The molecule has 1 saturated carbocycles. The van der Waals surface area contributed by atoms with Crippen molar-refractivity contribution in [3.63, 3.8) is 0 Å². The molecule has 1 aliphatic carbocycles. The molecule has 6 nitrogen and oxygen atoms in total. The second-order valence-corrected chi connectivity index (χ2v) is 6.89. The van der Waals surface area contributed by atoms with E-state index in [0.29, 0.717) is 12.6 Å². The molecule has 3 rings (SSSR count). The van der Waals surface area contributed by atoms with Crippen LogP contribution in [0.5, 0.6) is 0 Å². The summed E-state index contributed by atoms with van der Waals surface area (Å²) in [5.41, 5.74) is 1.12. The first-order chi connectivity index (χ1) is 10.6. The summed E-state index contributed by atoms with van der Waals surface area (Å²) in [5, 5.41) is 12.3. The maximum Gasteiger partial charge on any atom is 0.235 e. The molecule has 0 bridgehead atoms. The van der Waals surface area contributed by atoms with Crippen molar-refractivity contribution in [3.8, 4) is 0 Å². The molecule has 1 unspecified atom stereocenters. The van der Waals surface area contributed by atoms with E-state index < -0.39 is 0 Å². The molecule has 0 aliphatic heterocycles. The Morgan fingerprint density at radius 3 is 2.82 bits per heavy atom. The summed E-state index contributed by atoms with van der Waals surface area (Å²) >= 11 is 1.43. The van der Waals surface area contributed by atoms with E-state index in [2.05, 4.69) is 15.5 Å². The summed E-state index contributed by atoms with van der Waals surface area (Å²) in [5.74, 6) is 0.0826. The van der Waals surface area contributed by atoms with Crippen molar-refractivity contribution in [1.29, 1.82) is 0 Å². The Labute approximate surface area is 133 Å². The molecule has 0 radical (unpaired) electrons. The first-order valence-corrected chi connectivity index (χ1v) is 8.26. The molecule has 1 fully saturated rings. The van der Waals surface area contributed by atoms with Crippen molar-refractivity contribution in [3.05, 3.63) is 35.9 Å². The molecular weight excluding hydrogens is 298 g/mol. The predicted octanol–water partition coefficient (Wildman–Crippen LogP) is 2.15. The van der Waals surface area contributed by atoms with Crippen LogP contribution in [-0.2, 0) is 11.3 Å². The number of hydrogen-bond donors (Lipinski definition) is 0. The molecule has 1 amide bonds. The number of hydrogen-bond acceptors (Lipinski definition) is 5. The molecule has 2 aromatic rings. The lowest BCUT2D eigenvalue weighted by molar-refractivity contribution is -0.129. The quantitative estimate of drug-likeness (QED) is 0.764. The van der Waals surface area contributed by atoms with Crippen molar-refractivity contribution in [2.75, 3.05) is 7.05 Å². The highest BCUT2D eigenvalue weighted by Gasteiger charge is 2.30. The number of tetrazole rings is 1. The Morgan fingerprint density at radius 2 is 2.14 bits per heavy atom. The smallest absolute Gasteiger partial charge is 0.235 e. The Bertz CT molecular complexity index is 640. The molecule has 7 heteroatoms. The number of carbonyl (C=O) groups excluding carboxylic acids is 1. The number of aromatic nitrogens is 4. The van der Waals surface area contributed by atoms with E-state index in [1.165, 1.54) is 11.8 Å². The molecule has 1 aliphatic rings. The van der Waals surface area contributed by atoms with Gasteiger partial charge in [0.2, 0.25) is 11.1 Å². The average molecular weight is 317 g/mol. The molecule has 0 saturated heterocycles. The maximum absolute atomic E-state index is 12.5. The van der Waals surface area contributed by atoms with Crippen LogP contribution in [0, 0.1) is 0 Å². The summed E-state index contributed by atoms with van der Waals surface area (Å²) in [4.78, 5) is 14.2. The second-order valence-electron chi connectivity index (χ2n) is 5.58. The summed E-state index contributed by atoms with van der Waals surface area (Å²) in [6, 6.07) is 10.4. The van der Waals surface area contributed by atoms with E-state index in [1.807, 2.05) is 49.0 Å². The van der Waals surface area contributed by atoms with Gasteiger partial charge in [-0.3, -0.25) is 4.79 Å². The first-order valence-electron chi connectivity index (χ1n) is 7.38. The topological polar surface area (TPSA) is 63.9 Å². The standard InChI is InChI=1S/C15H19N5OS/c1-11(22-15-16-17-18-20(15)13-8-9-13)14(21)19(2)10-12-6-4-3-5-7-12/h3-7,11,13H,8-10H2,1-2H3. The molecular formula is C15H19N5OS. The minimum atomic E-state index is -0.211. The van der Waals surface area contributed by atoms with Gasteiger partial charge in [-0.1, -0.05) is 42.1 Å². The summed E-state index contributed by atoms with van der Waals surface area (Å²) in [6.07, 6.45) is 2.24. The van der Waals surface area contributed by atoms with Gasteiger partial charge in [-0.15, -0.1) is 5.10 Å². The number of benzene rings is 1. The zero-order valence-corrected chi connectivity index (χ0v) is 13.5. The zero-order valence-electron chi connectivity index (χ0n) is 12.7. The SMILES string of the molecule is CC(Sc1nnnn1C1CC1)C(=O)N(C)Cc1ccccc1. The van der Waals surface area contributed by atoms with E-state index in [9.17, 15) is 4.79 Å². The minimum absolute atomic E-state index is 0.0826. The molecule has 0 N–H and O–H groups in total. The lowest BCUT2D eigenvalue weighted by atomic mass is 10.2. The van der Waals surface area contributed by atoms with Crippen LogP contribution >= 0.6 is 11.8 Å². The van der Waals surface area contributed by atoms with Gasteiger partial charge in [-0.2, -0.15) is 0 Å². The fraction of sp³-hybridized carbons (Fsp3) is 0.467. The monoisotopic (exact) mass is 317 g/mol. The Morgan fingerprint density at radius 1 is 1.41 bits per heavy atom. The number of thioether (sulfide) groups is 1. The molecule has 1 atom stereocenters. The maximum atomic E-state index is 12.5. The van der Waals surface area contributed by atoms with Gasteiger partial charge in [0, 0.05) is 13.6 Å². The molecule has 1 aromatic carbocycles. The number of rotatable bonds is 6. The third-order valence-electron chi connectivity index (χ3n) is 3.62. The van der Waals surface area contributed by atoms with Gasteiger partial charge >= 0.3 is 0 Å². The lowest BCUT2D eigenvalue weighted by Gasteiger charge is -2.20. The fourth-order valence-electron chi connectivity index (χ4n) is 2.27. The summed E-state index contributed by atoms with van der Waals surface area (Å²) < 4.78 is 1.84. The van der Waals surface area contributed by atoms with Gasteiger partial charge in [-0.25, -0.2) is 4.68 Å². The molecule has 1 heterocycles. The van der Waals surface area contributed by atoms with Gasteiger partial charge in [0.05, 0.1) is 11.3 Å². The molecule has 0 spiro atoms. The first kappa shape index (κ1) is 15.0. The largest absolute Gasteiger partial charge is 0.340 e. The van der Waals surface area contributed by atoms with Crippen LogP contribution in [-0.4, -0.2) is 43.3 Å². The van der Waals surface area contributed by atoms with E-state index in [0.717, 1.165) is 23.6 Å². The number of amides is 1. The van der Waals surface area contributed by atoms with Crippen LogP contribution < -0.4 is 0 Å². The van der Waals surface area contributed by atoms with Crippen LogP contribution in [0.4, 0.5) is 0 Å². The third-order valence-corrected chi connectivity index (χ3v) is 4.66. The number of nitrogens with zero attached hydrogens (tertiary/aromatic N) is 5. The van der Waals surface area contributed by atoms with Crippen LogP contribution in [0.25, 0.3) is 0 Å². The van der Waals surface area contributed by atoms with E-state index >= 15 is 0 Å². The Kier molecular flexibility index (Phi) is 4.42. The summed E-state index contributed by atoms with van der Waals surface area (Å²) in [7, 11) is 1.83. The predicted molar refractivity (Wildman–Crippen MR) is 84.3 cm³/mol. The third kappa shape index (κ3) is 3.47. The zero-order chi connectivity index (χ0) is 15.5. The molecule has 22 heavy (non-hydrogen) atoms. The van der Waals surface area contributed by atoms with Crippen molar-refractivity contribution in [1.82, 2.24) is 25.1 Å². The molecule has 1 aromatic heterocycles. The van der Waals surface area contributed by atoms with E-state index in [-0.39, 0.29) is 11.2 Å². The van der Waals surface area contributed by atoms with Gasteiger partial charge in [0.25, 0.3) is 0 Å². The van der Waals surface area contributed by atoms with E-state index in [4.69, 9.17) is 0 Å². The molecule has 116 valence electrons. The fourth-order valence-corrected chi connectivity index (χ4v) is 3.24.